The maximum atomic E-state index is 12.2. The molecule has 0 aromatic heterocycles. The standard InChI is InChI=1S/C14H15BrN2O5S/c1-8(18)23-7-9-3-14(19)16(6-9)11-5-13(22-2)10(15)4-12(11)17(20)21/h4-5,9H,3,6-7H2,1-2H3. The number of carbonyl (C=O) groups excluding carboxylic acids is 2. The highest BCUT2D eigenvalue weighted by Crippen LogP contribution is 2.40. The summed E-state index contributed by atoms with van der Waals surface area (Å²) >= 11 is 4.38. The van der Waals surface area contributed by atoms with Gasteiger partial charge in [0.1, 0.15) is 11.4 Å². The molecule has 1 aromatic rings. The van der Waals surface area contributed by atoms with Crippen LogP contribution >= 0.6 is 27.7 Å². The largest absolute Gasteiger partial charge is 0.495 e. The van der Waals surface area contributed by atoms with Crippen LogP contribution in [0.1, 0.15) is 13.3 Å². The number of nitro groups is 1. The average molecular weight is 403 g/mol. The highest BCUT2D eigenvalue weighted by atomic mass is 79.9. The number of hydrogen-bond donors (Lipinski definition) is 0. The lowest BCUT2D eigenvalue weighted by molar-refractivity contribution is -0.384. The van der Waals surface area contributed by atoms with E-state index in [1.807, 2.05) is 0 Å². The van der Waals surface area contributed by atoms with Gasteiger partial charge in [-0.1, -0.05) is 11.8 Å². The Kier molecular flexibility index (Phi) is 5.64. The number of nitrogens with zero attached hydrogens (tertiary/aromatic N) is 2. The van der Waals surface area contributed by atoms with Crippen molar-refractivity contribution in [3.05, 3.63) is 26.7 Å². The molecule has 9 heteroatoms. The van der Waals surface area contributed by atoms with E-state index >= 15 is 0 Å². The van der Waals surface area contributed by atoms with Crippen LogP contribution in [0.25, 0.3) is 0 Å². The number of ether oxygens (including phenoxy) is 1. The minimum atomic E-state index is -0.523. The molecule has 1 amide bonds. The Morgan fingerprint density at radius 2 is 2.26 bits per heavy atom. The quantitative estimate of drug-likeness (QED) is 0.555. The number of thioether (sulfide) groups is 1. The van der Waals surface area contributed by atoms with Crippen molar-refractivity contribution >= 4 is 50.1 Å². The van der Waals surface area contributed by atoms with Crippen molar-refractivity contribution in [3.63, 3.8) is 0 Å². The molecule has 1 saturated heterocycles. The Morgan fingerprint density at radius 3 is 2.83 bits per heavy atom. The first-order chi connectivity index (χ1) is 10.8. The van der Waals surface area contributed by atoms with Crippen molar-refractivity contribution in [1.82, 2.24) is 0 Å². The van der Waals surface area contributed by atoms with Crippen LogP contribution in [0.2, 0.25) is 0 Å². The van der Waals surface area contributed by atoms with Gasteiger partial charge in [-0.3, -0.25) is 19.7 Å². The summed E-state index contributed by atoms with van der Waals surface area (Å²) in [6, 6.07) is 2.82. The van der Waals surface area contributed by atoms with E-state index in [2.05, 4.69) is 15.9 Å². The van der Waals surface area contributed by atoms with Crippen LogP contribution in [0.3, 0.4) is 0 Å². The molecule has 1 heterocycles. The molecule has 0 spiro atoms. The Balaban J connectivity index is 2.31. The minimum absolute atomic E-state index is 0.00723. The molecule has 0 N–H and O–H groups in total. The average Bonchev–Trinajstić information content (AvgIpc) is 2.85. The molecule has 1 aliphatic rings. The SMILES string of the molecule is COc1cc(N2CC(CSC(C)=O)CC2=O)c([N+](=O)[O-])cc1Br. The van der Waals surface area contributed by atoms with Crippen molar-refractivity contribution < 1.29 is 19.2 Å². The van der Waals surface area contributed by atoms with Crippen LogP contribution in [0.15, 0.2) is 16.6 Å². The van der Waals surface area contributed by atoms with Gasteiger partial charge in [-0.25, -0.2) is 0 Å². The molecular formula is C14H15BrN2O5S. The van der Waals surface area contributed by atoms with E-state index in [-0.39, 0.29) is 34.7 Å². The van der Waals surface area contributed by atoms with Crippen molar-refractivity contribution in [3.8, 4) is 5.75 Å². The first kappa shape index (κ1) is 17.7. The van der Waals surface area contributed by atoms with Gasteiger partial charge in [0.25, 0.3) is 5.69 Å². The topological polar surface area (TPSA) is 89.8 Å². The zero-order valence-corrected chi connectivity index (χ0v) is 15.0. The van der Waals surface area contributed by atoms with Crippen molar-refractivity contribution in [2.24, 2.45) is 5.92 Å². The first-order valence-electron chi connectivity index (χ1n) is 6.79. The maximum absolute atomic E-state index is 12.2. The fourth-order valence-corrected chi connectivity index (χ4v) is 3.60. The third-order valence-electron chi connectivity index (χ3n) is 3.46. The number of amides is 1. The van der Waals surface area contributed by atoms with Crippen LogP contribution in [0.5, 0.6) is 5.75 Å². The Labute approximate surface area is 145 Å². The van der Waals surface area contributed by atoms with Gasteiger partial charge >= 0.3 is 0 Å². The fraction of sp³-hybridized carbons (Fsp3) is 0.429. The second kappa shape index (κ2) is 7.31. The second-order valence-electron chi connectivity index (χ2n) is 5.11. The van der Waals surface area contributed by atoms with E-state index in [0.29, 0.717) is 22.5 Å². The molecule has 0 radical (unpaired) electrons. The highest BCUT2D eigenvalue weighted by molar-refractivity contribution is 9.10. The van der Waals surface area contributed by atoms with Crippen LogP contribution < -0.4 is 9.64 Å². The van der Waals surface area contributed by atoms with Gasteiger partial charge in [-0.2, -0.15) is 0 Å². The number of methoxy groups -OCH3 is 1. The summed E-state index contributed by atoms with van der Waals surface area (Å²) in [4.78, 5) is 35.5. The molecule has 124 valence electrons. The molecule has 2 rings (SSSR count). The van der Waals surface area contributed by atoms with E-state index in [4.69, 9.17) is 4.74 Å². The molecule has 0 bridgehead atoms. The van der Waals surface area contributed by atoms with Crippen LogP contribution in [-0.4, -0.2) is 35.4 Å². The molecule has 1 aromatic carbocycles. The van der Waals surface area contributed by atoms with Crippen LogP contribution in [0, 0.1) is 16.0 Å². The summed E-state index contributed by atoms with van der Waals surface area (Å²) in [5.41, 5.74) is 0.0567. The third kappa shape index (κ3) is 4.03. The predicted molar refractivity (Wildman–Crippen MR) is 90.9 cm³/mol. The summed E-state index contributed by atoms with van der Waals surface area (Å²) in [5.74, 6) is 0.746. The van der Waals surface area contributed by atoms with Crippen molar-refractivity contribution in [2.45, 2.75) is 13.3 Å². The van der Waals surface area contributed by atoms with Gasteiger partial charge in [-0.05, 0) is 21.8 Å². The molecular weight excluding hydrogens is 388 g/mol. The maximum Gasteiger partial charge on any atom is 0.294 e. The van der Waals surface area contributed by atoms with E-state index < -0.39 is 4.92 Å². The zero-order valence-electron chi connectivity index (χ0n) is 12.6. The molecule has 1 fully saturated rings. The van der Waals surface area contributed by atoms with Gasteiger partial charge in [0.05, 0.1) is 16.5 Å². The Morgan fingerprint density at radius 1 is 1.57 bits per heavy atom. The second-order valence-corrected chi connectivity index (χ2v) is 7.16. The summed E-state index contributed by atoms with van der Waals surface area (Å²) in [7, 11) is 1.45. The van der Waals surface area contributed by atoms with E-state index in [1.165, 1.54) is 31.1 Å². The third-order valence-corrected chi connectivity index (χ3v) is 5.13. The van der Waals surface area contributed by atoms with E-state index in [1.54, 1.807) is 0 Å². The lowest BCUT2D eigenvalue weighted by Crippen LogP contribution is -2.25. The molecule has 23 heavy (non-hydrogen) atoms. The summed E-state index contributed by atoms with van der Waals surface area (Å²) in [5, 5.41) is 11.3. The molecule has 1 atom stereocenters. The smallest absolute Gasteiger partial charge is 0.294 e. The van der Waals surface area contributed by atoms with E-state index in [9.17, 15) is 19.7 Å². The monoisotopic (exact) mass is 402 g/mol. The van der Waals surface area contributed by atoms with Crippen molar-refractivity contribution in [2.75, 3.05) is 24.3 Å². The minimum Gasteiger partial charge on any atom is -0.495 e. The molecule has 1 unspecified atom stereocenters. The Bertz CT molecular complexity index is 667. The summed E-state index contributed by atoms with van der Waals surface area (Å²) < 4.78 is 5.61. The molecule has 1 aliphatic heterocycles. The van der Waals surface area contributed by atoms with Crippen LogP contribution in [-0.2, 0) is 9.59 Å². The number of hydrogen-bond acceptors (Lipinski definition) is 6. The van der Waals surface area contributed by atoms with Gasteiger partial charge < -0.3 is 9.64 Å². The number of nitro benzene ring substituents is 1. The number of halogens is 1. The zero-order chi connectivity index (χ0) is 17.1. The molecule has 7 nitrogen and oxygen atoms in total. The Hall–Kier alpha value is -1.61. The highest BCUT2D eigenvalue weighted by Gasteiger charge is 2.35. The first-order valence-corrected chi connectivity index (χ1v) is 8.57. The van der Waals surface area contributed by atoms with Crippen LogP contribution in [0.4, 0.5) is 11.4 Å². The lowest BCUT2D eigenvalue weighted by atomic mass is 10.1. The van der Waals surface area contributed by atoms with Gasteiger partial charge in [0.2, 0.25) is 5.91 Å². The van der Waals surface area contributed by atoms with Gasteiger partial charge in [0, 0.05) is 37.8 Å². The summed E-state index contributed by atoms with van der Waals surface area (Å²) in [6.45, 7) is 1.83. The summed E-state index contributed by atoms with van der Waals surface area (Å²) in [6.07, 6.45) is 0.274. The number of anilines is 1. The lowest BCUT2D eigenvalue weighted by Gasteiger charge is -2.18. The van der Waals surface area contributed by atoms with Crippen molar-refractivity contribution in [1.29, 1.82) is 0 Å². The molecule has 0 aliphatic carbocycles. The predicted octanol–water partition coefficient (Wildman–Crippen LogP) is 3.00. The molecule has 0 saturated carbocycles. The van der Waals surface area contributed by atoms with E-state index in [0.717, 1.165) is 11.8 Å². The number of benzene rings is 1. The van der Waals surface area contributed by atoms with Gasteiger partial charge in [0.15, 0.2) is 5.12 Å². The fourth-order valence-electron chi connectivity index (χ4n) is 2.41. The normalized spacial score (nSPS) is 17.4. The number of rotatable bonds is 5. The van der Waals surface area contributed by atoms with Gasteiger partial charge in [-0.15, -0.1) is 0 Å². The number of carbonyl (C=O) groups is 2.